The average molecular weight is 518 g/mol. The molecule has 1 atom stereocenters. The number of ether oxygens (including phenoxy) is 2. The van der Waals surface area contributed by atoms with Crippen LogP contribution >= 0.6 is 23.2 Å². The molecule has 34 heavy (non-hydrogen) atoms. The van der Waals surface area contributed by atoms with Crippen molar-refractivity contribution < 1.29 is 32.2 Å². The number of hydrogen-bond acceptors (Lipinski definition) is 5. The van der Waals surface area contributed by atoms with Gasteiger partial charge in [0, 0.05) is 17.0 Å². The van der Waals surface area contributed by atoms with Gasteiger partial charge >= 0.3 is 6.18 Å². The first-order valence-corrected chi connectivity index (χ1v) is 11.1. The van der Waals surface area contributed by atoms with Crippen LogP contribution in [0.3, 0.4) is 0 Å². The smallest absolute Gasteiger partial charge is 0.433 e. The van der Waals surface area contributed by atoms with Crippen molar-refractivity contribution in [3.8, 4) is 11.5 Å². The summed E-state index contributed by atoms with van der Waals surface area (Å²) < 4.78 is 48.9. The normalized spacial score (nSPS) is 24.1. The number of hydrogen-bond donors (Lipinski definition) is 2. The molecule has 12 heteroatoms. The molecule has 2 amide bonds. The van der Waals surface area contributed by atoms with Gasteiger partial charge in [-0.05, 0) is 49.9 Å². The third-order valence-corrected chi connectivity index (χ3v) is 6.98. The van der Waals surface area contributed by atoms with E-state index in [0.717, 1.165) is 18.3 Å². The van der Waals surface area contributed by atoms with Crippen LogP contribution in [0.15, 0.2) is 36.5 Å². The van der Waals surface area contributed by atoms with E-state index >= 15 is 0 Å². The standard InChI is InChI=1S/C22H20Cl2F3N3O4/c23-14-3-1-12(7-15(14)24)34-18(19(28)32)20-5-6-21(10-20,11-20)30-17(31)9-33-13-2-4-16(29-8-13)22(25,26)27/h1-4,7-8,18H,5-6,9-11H2,(H2,28,32)(H,30,31). The lowest BCUT2D eigenvalue weighted by Gasteiger charge is -2.50. The van der Waals surface area contributed by atoms with E-state index in [2.05, 4.69) is 10.3 Å². The van der Waals surface area contributed by atoms with E-state index in [-0.39, 0.29) is 17.4 Å². The van der Waals surface area contributed by atoms with E-state index in [1.54, 1.807) is 12.1 Å². The van der Waals surface area contributed by atoms with Gasteiger partial charge in [-0.1, -0.05) is 23.2 Å². The fourth-order valence-corrected chi connectivity index (χ4v) is 5.18. The molecular weight excluding hydrogens is 498 g/mol. The Balaban J connectivity index is 1.33. The minimum absolute atomic E-state index is 0.0406. The zero-order chi connectivity index (χ0) is 24.7. The number of nitrogens with two attached hydrogens (primary N) is 1. The summed E-state index contributed by atoms with van der Waals surface area (Å²) in [4.78, 5) is 27.9. The zero-order valence-corrected chi connectivity index (χ0v) is 19.1. The zero-order valence-electron chi connectivity index (χ0n) is 17.6. The fraction of sp³-hybridized carbons (Fsp3) is 0.409. The number of nitrogens with one attached hydrogen (secondary N) is 1. The van der Waals surface area contributed by atoms with Gasteiger partial charge in [0.25, 0.3) is 11.8 Å². The highest BCUT2D eigenvalue weighted by molar-refractivity contribution is 6.42. The van der Waals surface area contributed by atoms with Gasteiger partial charge in [-0.3, -0.25) is 9.59 Å². The molecule has 7 nitrogen and oxygen atoms in total. The molecule has 0 aliphatic heterocycles. The summed E-state index contributed by atoms with van der Waals surface area (Å²) in [6.07, 6.45) is -2.34. The largest absolute Gasteiger partial charge is 0.482 e. The van der Waals surface area contributed by atoms with Crippen molar-refractivity contribution in [2.24, 2.45) is 11.1 Å². The minimum Gasteiger partial charge on any atom is -0.482 e. The van der Waals surface area contributed by atoms with Gasteiger partial charge in [0.15, 0.2) is 12.7 Å². The first kappa shape index (κ1) is 24.4. The van der Waals surface area contributed by atoms with Gasteiger partial charge in [0.05, 0.1) is 16.2 Å². The summed E-state index contributed by atoms with van der Waals surface area (Å²) >= 11 is 11.9. The molecule has 0 spiro atoms. The number of primary amides is 1. The van der Waals surface area contributed by atoms with Crippen LogP contribution < -0.4 is 20.5 Å². The molecule has 2 bridgehead atoms. The highest BCUT2D eigenvalue weighted by Gasteiger charge is 2.66. The summed E-state index contributed by atoms with van der Waals surface area (Å²) in [6.45, 7) is -0.388. The monoisotopic (exact) mass is 517 g/mol. The van der Waals surface area contributed by atoms with E-state index < -0.39 is 40.7 Å². The van der Waals surface area contributed by atoms with Gasteiger partial charge in [0.1, 0.15) is 17.2 Å². The Kier molecular flexibility index (Phi) is 6.32. The molecule has 5 rings (SSSR count). The number of halogens is 5. The molecule has 0 saturated heterocycles. The van der Waals surface area contributed by atoms with Gasteiger partial charge < -0.3 is 20.5 Å². The van der Waals surface area contributed by atoms with E-state index in [4.69, 9.17) is 38.4 Å². The second-order valence-electron chi connectivity index (χ2n) is 8.69. The minimum atomic E-state index is -4.55. The van der Waals surface area contributed by atoms with Crippen molar-refractivity contribution in [3.05, 3.63) is 52.3 Å². The third kappa shape index (κ3) is 4.88. The highest BCUT2D eigenvalue weighted by atomic mass is 35.5. The lowest BCUT2D eigenvalue weighted by molar-refractivity contribution is -0.141. The maximum Gasteiger partial charge on any atom is 0.433 e. The first-order valence-electron chi connectivity index (χ1n) is 10.3. The molecule has 1 aromatic carbocycles. The Hall–Kier alpha value is -2.72. The third-order valence-electron chi connectivity index (χ3n) is 6.24. The number of fused-ring (bicyclic) bond motifs is 1. The maximum atomic E-state index is 12.6. The Morgan fingerprint density at radius 1 is 1.12 bits per heavy atom. The molecular formula is C22H20Cl2F3N3O4. The molecule has 3 aliphatic carbocycles. The Bertz CT molecular complexity index is 1110. The van der Waals surface area contributed by atoms with Gasteiger partial charge in [0.2, 0.25) is 0 Å². The van der Waals surface area contributed by atoms with Crippen LogP contribution in [-0.4, -0.2) is 35.0 Å². The molecule has 3 N–H and O–H groups in total. The molecule has 1 unspecified atom stereocenters. The van der Waals surface area contributed by atoms with E-state index in [0.29, 0.717) is 36.5 Å². The van der Waals surface area contributed by atoms with Gasteiger partial charge in [-0.2, -0.15) is 13.2 Å². The Labute approximate surface area is 202 Å². The number of amides is 2. The van der Waals surface area contributed by atoms with Crippen LogP contribution in [0.2, 0.25) is 10.0 Å². The molecule has 3 saturated carbocycles. The molecule has 3 fully saturated rings. The van der Waals surface area contributed by atoms with Crippen molar-refractivity contribution in [1.82, 2.24) is 10.3 Å². The topological polar surface area (TPSA) is 104 Å². The Morgan fingerprint density at radius 3 is 2.41 bits per heavy atom. The predicted molar refractivity (Wildman–Crippen MR) is 117 cm³/mol. The summed E-state index contributed by atoms with van der Waals surface area (Å²) in [6, 6.07) is 6.54. The van der Waals surface area contributed by atoms with E-state index in [1.807, 2.05) is 0 Å². The van der Waals surface area contributed by atoms with Gasteiger partial charge in [-0.25, -0.2) is 4.98 Å². The van der Waals surface area contributed by atoms with Crippen molar-refractivity contribution in [3.63, 3.8) is 0 Å². The van der Waals surface area contributed by atoms with Crippen LogP contribution in [0.4, 0.5) is 13.2 Å². The summed E-state index contributed by atoms with van der Waals surface area (Å²) in [7, 11) is 0. The van der Waals surface area contributed by atoms with Crippen LogP contribution in [0.5, 0.6) is 11.5 Å². The predicted octanol–water partition coefficient (Wildman–Crippen LogP) is 4.15. The van der Waals surface area contributed by atoms with Crippen LogP contribution in [0.25, 0.3) is 0 Å². The molecule has 1 heterocycles. The van der Waals surface area contributed by atoms with Crippen LogP contribution in [-0.2, 0) is 15.8 Å². The summed E-state index contributed by atoms with van der Waals surface area (Å²) in [5.74, 6) is -0.652. The number of aromatic nitrogens is 1. The summed E-state index contributed by atoms with van der Waals surface area (Å²) in [5.41, 5.74) is 3.54. The van der Waals surface area contributed by atoms with Crippen molar-refractivity contribution in [2.45, 2.75) is 43.5 Å². The number of pyridine rings is 1. The quantitative estimate of drug-likeness (QED) is 0.547. The number of carbonyl (C=O) groups excluding carboxylic acids is 2. The number of rotatable bonds is 8. The van der Waals surface area contributed by atoms with Crippen molar-refractivity contribution in [2.75, 3.05) is 6.61 Å². The second kappa shape index (κ2) is 8.81. The van der Waals surface area contributed by atoms with Crippen LogP contribution in [0, 0.1) is 5.41 Å². The van der Waals surface area contributed by atoms with E-state index in [1.165, 1.54) is 6.07 Å². The maximum absolute atomic E-state index is 12.6. The fourth-order valence-electron chi connectivity index (χ4n) is 4.89. The number of nitrogens with zero attached hydrogens (tertiary/aromatic N) is 1. The Morgan fingerprint density at radius 2 is 1.82 bits per heavy atom. The SMILES string of the molecule is NC(=O)C(Oc1ccc(Cl)c(Cl)c1)C12CCC(NC(=O)COc3ccc(C(F)(F)F)nc3)(C1)C2. The van der Waals surface area contributed by atoms with Crippen molar-refractivity contribution >= 4 is 35.0 Å². The second-order valence-corrected chi connectivity index (χ2v) is 9.50. The van der Waals surface area contributed by atoms with Crippen molar-refractivity contribution in [1.29, 1.82) is 0 Å². The molecule has 2 aromatic rings. The lowest BCUT2D eigenvalue weighted by atomic mass is 9.61. The number of alkyl halides is 3. The first-order chi connectivity index (χ1) is 15.9. The highest BCUT2D eigenvalue weighted by Crippen LogP contribution is 2.63. The molecule has 182 valence electrons. The molecule has 3 aliphatic rings. The van der Waals surface area contributed by atoms with Crippen LogP contribution in [0.1, 0.15) is 31.4 Å². The lowest BCUT2D eigenvalue weighted by Crippen LogP contribution is -2.62. The number of benzene rings is 1. The molecule has 0 radical (unpaired) electrons. The van der Waals surface area contributed by atoms with Gasteiger partial charge in [-0.15, -0.1) is 0 Å². The summed E-state index contributed by atoms with van der Waals surface area (Å²) in [5, 5.41) is 3.55. The van der Waals surface area contributed by atoms with E-state index in [9.17, 15) is 22.8 Å². The average Bonchev–Trinajstić information content (AvgIpc) is 3.28. The molecule has 1 aromatic heterocycles. The number of carbonyl (C=O) groups is 2.